The van der Waals surface area contributed by atoms with Gasteiger partial charge in [0.25, 0.3) is 5.91 Å². The minimum absolute atomic E-state index is 0.108. The molecule has 6 heteroatoms. The van der Waals surface area contributed by atoms with Gasteiger partial charge in [0.05, 0.1) is 37.1 Å². The molecule has 0 radical (unpaired) electrons. The highest BCUT2D eigenvalue weighted by Gasteiger charge is 2.28. The van der Waals surface area contributed by atoms with Crippen molar-refractivity contribution in [2.45, 2.75) is 13.0 Å². The third kappa shape index (κ3) is 2.86. The van der Waals surface area contributed by atoms with Crippen LogP contribution in [0.4, 0.5) is 5.69 Å². The van der Waals surface area contributed by atoms with E-state index in [-0.39, 0.29) is 18.6 Å². The van der Waals surface area contributed by atoms with E-state index in [9.17, 15) is 9.90 Å². The third-order valence-electron chi connectivity index (χ3n) is 3.26. The summed E-state index contributed by atoms with van der Waals surface area (Å²) in [5.74, 6) is 5.32. The summed E-state index contributed by atoms with van der Waals surface area (Å²) in [7, 11) is 0. The van der Waals surface area contributed by atoms with Gasteiger partial charge in [-0.2, -0.15) is 0 Å². The Morgan fingerprint density at radius 2 is 2.42 bits per heavy atom. The first-order valence-corrected chi connectivity index (χ1v) is 6.24. The normalized spacial score (nSPS) is 19.3. The predicted molar refractivity (Wildman–Crippen MR) is 71.7 cm³/mol. The number of carbonyl (C=O) groups excluding carboxylic acids is 1. The van der Waals surface area contributed by atoms with Crippen LogP contribution in [0.15, 0.2) is 18.2 Å². The van der Waals surface area contributed by atoms with E-state index in [2.05, 4.69) is 5.43 Å². The lowest BCUT2D eigenvalue weighted by molar-refractivity contribution is -0.0183. The summed E-state index contributed by atoms with van der Waals surface area (Å²) < 4.78 is 5.27. The van der Waals surface area contributed by atoms with Crippen LogP contribution in [0.25, 0.3) is 0 Å². The topological polar surface area (TPSA) is 87.8 Å². The Morgan fingerprint density at radius 3 is 3.11 bits per heavy atom. The van der Waals surface area contributed by atoms with Crippen LogP contribution >= 0.6 is 0 Å². The van der Waals surface area contributed by atoms with E-state index in [0.717, 1.165) is 5.56 Å². The van der Waals surface area contributed by atoms with Crippen LogP contribution in [0.1, 0.15) is 15.9 Å². The van der Waals surface area contributed by atoms with Crippen LogP contribution in [0.5, 0.6) is 0 Å². The average molecular weight is 265 g/mol. The van der Waals surface area contributed by atoms with Crippen molar-refractivity contribution in [1.82, 2.24) is 4.90 Å². The van der Waals surface area contributed by atoms with Crippen molar-refractivity contribution in [3.05, 3.63) is 29.3 Å². The van der Waals surface area contributed by atoms with Crippen molar-refractivity contribution in [3.63, 3.8) is 0 Å². The summed E-state index contributed by atoms with van der Waals surface area (Å²) >= 11 is 0. The zero-order chi connectivity index (χ0) is 13.8. The number of amides is 1. The van der Waals surface area contributed by atoms with Gasteiger partial charge >= 0.3 is 0 Å². The van der Waals surface area contributed by atoms with Gasteiger partial charge in [0, 0.05) is 6.54 Å². The molecule has 1 aromatic rings. The molecule has 1 amide bonds. The van der Waals surface area contributed by atoms with Crippen molar-refractivity contribution in [2.75, 3.05) is 31.8 Å². The molecule has 2 rings (SSSR count). The lowest BCUT2D eigenvalue weighted by Crippen LogP contribution is -2.50. The van der Waals surface area contributed by atoms with E-state index in [1.165, 1.54) is 0 Å². The Bertz CT molecular complexity index is 464. The van der Waals surface area contributed by atoms with Crippen molar-refractivity contribution in [2.24, 2.45) is 5.84 Å². The third-order valence-corrected chi connectivity index (χ3v) is 3.26. The zero-order valence-corrected chi connectivity index (χ0v) is 10.9. The number of aryl methyl sites for hydroxylation is 1. The highest BCUT2D eigenvalue weighted by Crippen LogP contribution is 2.20. The lowest BCUT2D eigenvalue weighted by atomic mass is 10.1. The Labute approximate surface area is 112 Å². The van der Waals surface area contributed by atoms with Gasteiger partial charge in [0.15, 0.2) is 0 Å². The van der Waals surface area contributed by atoms with E-state index in [1.54, 1.807) is 11.0 Å². The van der Waals surface area contributed by atoms with E-state index in [0.29, 0.717) is 31.0 Å². The number of anilines is 1. The molecular formula is C13H19N3O3. The Hall–Kier alpha value is -1.63. The molecule has 1 aliphatic rings. The van der Waals surface area contributed by atoms with Gasteiger partial charge in [-0.15, -0.1) is 0 Å². The van der Waals surface area contributed by atoms with Gasteiger partial charge in [0.1, 0.15) is 0 Å². The summed E-state index contributed by atoms with van der Waals surface area (Å²) in [5, 5.41) is 9.31. The largest absolute Gasteiger partial charge is 0.394 e. The first kappa shape index (κ1) is 13.8. The summed E-state index contributed by atoms with van der Waals surface area (Å²) in [5.41, 5.74) is 4.67. The number of hydrazine groups is 1. The monoisotopic (exact) mass is 265 g/mol. The fourth-order valence-corrected chi connectivity index (χ4v) is 2.19. The molecule has 1 saturated heterocycles. The number of nitrogen functional groups attached to an aromatic ring is 1. The van der Waals surface area contributed by atoms with Gasteiger partial charge in [-0.3, -0.25) is 10.6 Å². The molecule has 4 N–H and O–H groups in total. The van der Waals surface area contributed by atoms with E-state index in [1.807, 2.05) is 19.1 Å². The second-order valence-corrected chi connectivity index (χ2v) is 4.60. The summed E-state index contributed by atoms with van der Waals surface area (Å²) in [6.45, 7) is 3.14. The number of carbonyl (C=O) groups is 1. The molecule has 104 valence electrons. The maximum absolute atomic E-state index is 12.5. The second kappa shape index (κ2) is 6.01. The number of morpholine rings is 1. The highest BCUT2D eigenvalue weighted by atomic mass is 16.5. The van der Waals surface area contributed by atoms with Crippen molar-refractivity contribution < 1.29 is 14.6 Å². The molecule has 1 aromatic carbocycles. The molecule has 6 nitrogen and oxygen atoms in total. The molecule has 1 fully saturated rings. The number of rotatable bonds is 3. The van der Waals surface area contributed by atoms with Crippen molar-refractivity contribution in [3.8, 4) is 0 Å². The Kier molecular flexibility index (Phi) is 4.36. The summed E-state index contributed by atoms with van der Waals surface area (Å²) in [4.78, 5) is 14.2. The van der Waals surface area contributed by atoms with Gasteiger partial charge in [0.2, 0.25) is 0 Å². The maximum atomic E-state index is 12.5. The molecule has 0 bridgehead atoms. The van der Waals surface area contributed by atoms with Crippen LogP contribution in [-0.4, -0.2) is 48.3 Å². The standard InChI is InChI=1S/C13H19N3O3/c1-9-2-3-11(12(6-9)15-14)13(18)16-4-5-19-8-10(16)7-17/h2-3,6,10,15,17H,4-5,7-8,14H2,1H3. The smallest absolute Gasteiger partial charge is 0.256 e. The van der Waals surface area contributed by atoms with Crippen LogP contribution < -0.4 is 11.3 Å². The maximum Gasteiger partial charge on any atom is 0.256 e. The number of nitrogens with two attached hydrogens (primary N) is 1. The molecule has 1 unspecified atom stereocenters. The van der Waals surface area contributed by atoms with E-state index in [4.69, 9.17) is 10.6 Å². The molecule has 1 aliphatic heterocycles. The number of nitrogens with zero attached hydrogens (tertiary/aromatic N) is 1. The van der Waals surface area contributed by atoms with Crippen molar-refractivity contribution >= 4 is 11.6 Å². The first-order valence-electron chi connectivity index (χ1n) is 6.24. The van der Waals surface area contributed by atoms with Crippen molar-refractivity contribution in [1.29, 1.82) is 0 Å². The molecule has 0 aromatic heterocycles. The number of nitrogens with one attached hydrogen (secondary N) is 1. The van der Waals surface area contributed by atoms with Gasteiger partial charge < -0.3 is 20.2 Å². The number of benzene rings is 1. The number of hydrogen-bond donors (Lipinski definition) is 3. The van der Waals surface area contributed by atoms with Gasteiger partial charge in [-0.1, -0.05) is 6.07 Å². The minimum atomic E-state index is -0.298. The fourth-order valence-electron chi connectivity index (χ4n) is 2.19. The quantitative estimate of drug-likeness (QED) is 0.533. The van der Waals surface area contributed by atoms with Crippen LogP contribution in [0, 0.1) is 6.92 Å². The second-order valence-electron chi connectivity index (χ2n) is 4.60. The number of ether oxygens (including phenoxy) is 1. The number of aliphatic hydroxyl groups excluding tert-OH is 1. The molecular weight excluding hydrogens is 246 g/mol. The van der Waals surface area contributed by atoms with Gasteiger partial charge in [-0.05, 0) is 24.6 Å². The Morgan fingerprint density at radius 1 is 1.63 bits per heavy atom. The molecule has 0 saturated carbocycles. The Balaban J connectivity index is 2.27. The van der Waals surface area contributed by atoms with Crippen LogP contribution in [0.3, 0.4) is 0 Å². The number of hydrogen-bond acceptors (Lipinski definition) is 5. The SMILES string of the molecule is Cc1ccc(C(=O)N2CCOCC2CO)c(NN)c1. The fraction of sp³-hybridized carbons (Fsp3) is 0.462. The van der Waals surface area contributed by atoms with Crippen LogP contribution in [0.2, 0.25) is 0 Å². The van der Waals surface area contributed by atoms with E-state index < -0.39 is 0 Å². The zero-order valence-electron chi connectivity index (χ0n) is 10.9. The lowest BCUT2D eigenvalue weighted by Gasteiger charge is -2.34. The highest BCUT2D eigenvalue weighted by molar-refractivity contribution is 6.00. The minimum Gasteiger partial charge on any atom is -0.394 e. The summed E-state index contributed by atoms with van der Waals surface area (Å²) in [6, 6.07) is 5.13. The average Bonchev–Trinajstić information content (AvgIpc) is 2.46. The first-order chi connectivity index (χ1) is 9.17. The van der Waals surface area contributed by atoms with E-state index >= 15 is 0 Å². The predicted octanol–water partition coefficient (Wildman–Crippen LogP) is 0.114. The summed E-state index contributed by atoms with van der Waals surface area (Å²) in [6.07, 6.45) is 0. The number of aliphatic hydroxyl groups is 1. The molecule has 19 heavy (non-hydrogen) atoms. The molecule has 0 aliphatic carbocycles. The molecule has 1 heterocycles. The molecule has 0 spiro atoms. The van der Waals surface area contributed by atoms with Crippen LogP contribution in [-0.2, 0) is 4.74 Å². The van der Waals surface area contributed by atoms with Gasteiger partial charge in [-0.25, -0.2) is 0 Å². The molecule has 1 atom stereocenters.